The van der Waals surface area contributed by atoms with Crippen molar-refractivity contribution in [1.29, 1.82) is 0 Å². The first-order valence-corrected chi connectivity index (χ1v) is 13.5. The van der Waals surface area contributed by atoms with Gasteiger partial charge in [0.2, 0.25) is 5.88 Å². The van der Waals surface area contributed by atoms with E-state index < -0.39 is 6.10 Å². The molecule has 1 unspecified atom stereocenters. The maximum absolute atomic E-state index is 10.9. The molecule has 4 aromatic rings. The molecule has 0 saturated heterocycles. The van der Waals surface area contributed by atoms with Crippen LogP contribution >= 0.6 is 0 Å². The molecule has 0 aliphatic heterocycles. The average Bonchev–Trinajstić information content (AvgIpc) is 3.69. The topological polar surface area (TPSA) is 59.8 Å². The summed E-state index contributed by atoms with van der Waals surface area (Å²) >= 11 is 0. The van der Waals surface area contributed by atoms with E-state index in [9.17, 15) is 5.11 Å². The Kier molecular flexibility index (Phi) is 8.54. The Bertz CT molecular complexity index is 1300. The molecule has 0 spiro atoms. The van der Waals surface area contributed by atoms with Crippen LogP contribution in [-0.4, -0.2) is 45.6 Å². The number of benzene rings is 3. The molecule has 1 heterocycles. The van der Waals surface area contributed by atoms with Gasteiger partial charge in [0.15, 0.2) is 0 Å². The van der Waals surface area contributed by atoms with Crippen molar-refractivity contribution >= 4 is 0 Å². The Morgan fingerprint density at radius 1 is 0.974 bits per heavy atom. The molecule has 1 fully saturated rings. The van der Waals surface area contributed by atoms with Crippen molar-refractivity contribution in [2.45, 2.75) is 45.9 Å². The van der Waals surface area contributed by atoms with Crippen LogP contribution in [0.15, 0.2) is 84.9 Å². The molecule has 38 heavy (non-hydrogen) atoms. The van der Waals surface area contributed by atoms with Crippen LogP contribution in [0.1, 0.15) is 35.2 Å². The van der Waals surface area contributed by atoms with Gasteiger partial charge in [0.25, 0.3) is 0 Å². The molecule has 198 valence electrons. The molecule has 3 aromatic carbocycles. The van der Waals surface area contributed by atoms with Crippen molar-refractivity contribution in [2.75, 3.05) is 19.7 Å². The number of aliphatic hydroxyl groups is 1. The van der Waals surface area contributed by atoms with Gasteiger partial charge in [0.1, 0.15) is 5.75 Å². The van der Waals surface area contributed by atoms with Gasteiger partial charge in [-0.15, -0.1) is 0 Å². The number of hydrogen-bond acceptors (Lipinski definition) is 5. The molecule has 1 N–H and O–H groups in total. The summed E-state index contributed by atoms with van der Waals surface area (Å²) in [4.78, 5) is 2.33. The summed E-state index contributed by atoms with van der Waals surface area (Å²) < 4.78 is 14.2. The Morgan fingerprint density at radius 2 is 1.71 bits per heavy atom. The van der Waals surface area contributed by atoms with E-state index in [0.29, 0.717) is 32.2 Å². The van der Waals surface area contributed by atoms with Crippen molar-refractivity contribution in [3.05, 3.63) is 107 Å². The molecule has 1 atom stereocenters. The third-order valence-corrected chi connectivity index (χ3v) is 6.83. The lowest BCUT2D eigenvalue weighted by Gasteiger charge is -2.25. The fourth-order valence-corrected chi connectivity index (χ4v) is 4.69. The van der Waals surface area contributed by atoms with E-state index in [0.717, 1.165) is 46.2 Å². The van der Waals surface area contributed by atoms with Crippen LogP contribution in [0.5, 0.6) is 11.6 Å². The van der Waals surface area contributed by atoms with Crippen molar-refractivity contribution in [3.8, 4) is 17.3 Å². The second-order valence-electron chi connectivity index (χ2n) is 10.3. The molecule has 1 aliphatic carbocycles. The zero-order valence-corrected chi connectivity index (χ0v) is 22.3. The molecule has 1 aliphatic rings. The summed E-state index contributed by atoms with van der Waals surface area (Å²) in [6.45, 7) is 7.01. The largest absolute Gasteiger partial charge is 0.439 e. The maximum Gasteiger partial charge on any atom is 0.227 e. The molecule has 0 radical (unpaired) electrons. The van der Waals surface area contributed by atoms with Crippen LogP contribution in [0.4, 0.5) is 0 Å². The standard InChI is InChI=1S/C32H37N3O3/c1-24-10-9-15-30(18-24)38-32-31(25(2)33-35(32)28-13-7-4-8-14-28)21-34(19-26-16-17-26)20-29(36)23-37-22-27-11-5-3-6-12-27/h3-15,18,26,29,36H,16-17,19-23H2,1-2H3. The Balaban J connectivity index is 1.35. The fraction of sp³-hybridized carbons (Fsp3) is 0.344. The molecule has 0 amide bonds. The van der Waals surface area contributed by atoms with E-state index >= 15 is 0 Å². The van der Waals surface area contributed by atoms with Gasteiger partial charge < -0.3 is 14.6 Å². The van der Waals surface area contributed by atoms with Gasteiger partial charge in [-0.05, 0) is 68.0 Å². The number of aryl methyl sites for hydroxylation is 2. The van der Waals surface area contributed by atoms with Crippen LogP contribution in [0.3, 0.4) is 0 Å². The lowest BCUT2D eigenvalue weighted by Crippen LogP contribution is -2.36. The van der Waals surface area contributed by atoms with Crippen LogP contribution in [0.2, 0.25) is 0 Å². The Labute approximate surface area is 225 Å². The number of nitrogens with zero attached hydrogens (tertiary/aromatic N) is 3. The van der Waals surface area contributed by atoms with E-state index in [1.807, 2.05) is 90.5 Å². The smallest absolute Gasteiger partial charge is 0.227 e. The normalized spacial score (nSPS) is 14.1. The number of rotatable bonds is 13. The zero-order valence-electron chi connectivity index (χ0n) is 22.3. The third-order valence-electron chi connectivity index (χ3n) is 6.83. The summed E-state index contributed by atoms with van der Waals surface area (Å²) in [5.41, 5.74) is 5.16. The minimum absolute atomic E-state index is 0.297. The molecule has 1 aromatic heterocycles. The van der Waals surface area contributed by atoms with Crippen LogP contribution in [0.25, 0.3) is 5.69 Å². The molecular weight excluding hydrogens is 474 g/mol. The van der Waals surface area contributed by atoms with Crippen LogP contribution in [0, 0.1) is 19.8 Å². The highest BCUT2D eigenvalue weighted by Crippen LogP contribution is 2.34. The number of aliphatic hydroxyl groups excluding tert-OH is 1. The molecule has 5 rings (SSSR count). The summed E-state index contributed by atoms with van der Waals surface area (Å²) in [6.07, 6.45) is 1.90. The highest BCUT2D eigenvalue weighted by atomic mass is 16.5. The minimum Gasteiger partial charge on any atom is -0.439 e. The van der Waals surface area contributed by atoms with Gasteiger partial charge >= 0.3 is 0 Å². The molecule has 6 heteroatoms. The van der Waals surface area contributed by atoms with Gasteiger partial charge in [-0.25, -0.2) is 4.68 Å². The van der Waals surface area contributed by atoms with E-state index in [-0.39, 0.29) is 0 Å². The Hall–Kier alpha value is -3.45. The Morgan fingerprint density at radius 3 is 2.42 bits per heavy atom. The third kappa shape index (κ3) is 7.10. The molecule has 6 nitrogen and oxygen atoms in total. The van der Waals surface area contributed by atoms with Crippen molar-refractivity contribution in [2.24, 2.45) is 5.92 Å². The number of hydrogen-bond donors (Lipinski definition) is 1. The highest BCUT2D eigenvalue weighted by Gasteiger charge is 2.28. The van der Waals surface area contributed by atoms with Gasteiger partial charge in [-0.2, -0.15) is 5.10 Å². The van der Waals surface area contributed by atoms with Gasteiger partial charge in [-0.3, -0.25) is 4.90 Å². The maximum atomic E-state index is 10.9. The second kappa shape index (κ2) is 12.4. The summed E-state index contributed by atoms with van der Waals surface area (Å²) in [7, 11) is 0. The zero-order chi connectivity index (χ0) is 26.3. The molecule has 1 saturated carbocycles. The van der Waals surface area contributed by atoms with Crippen molar-refractivity contribution in [3.63, 3.8) is 0 Å². The van der Waals surface area contributed by atoms with E-state index in [2.05, 4.69) is 17.9 Å². The lowest BCUT2D eigenvalue weighted by molar-refractivity contribution is 0.00769. The van der Waals surface area contributed by atoms with E-state index in [1.54, 1.807) is 0 Å². The average molecular weight is 512 g/mol. The fourth-order valence-electron chi connectivity index (χ4n) is 4.69. The predicted octanol–water partition coefficient (Wildman–Crippen LogP) is 6.07. The first-order chi connectivity index (χ1) is 18.5. The first-order valence-electron chi connectivity index (χ1n) is 13.5. The minimum atomic E-state index is -0.580. The van der Waals surface area contributed by atoms with Gasteiger partial charge in [0, 0.05) is 19.6 Å². The van der Waals surface area contributed by atoms with E-state index in [4.69, 9.17) is 14.6 Å². The van der Waals surface area contributed by atoms with Crippen molar-refractivity contribution < 1.29 is 14.6 Å². The number of ether oxygens (including phenoxy) is 2. The van der Waals surface area contributed by atoms with Gasteiger partial charge in [-0.1, -0.05) is 60.7 Å². The summed E-state index contributed by atoms with van der Waals surface area (Å²) in [5.74, 6) is 2.18. The van der Waals surface area contributed by atoms with Crippen LogP contribution < -0.4 is 4.74 Å². The van der Waals surface area contributed by atoms with Crippen molar-refractivity contribution in [1.82, 2.24) is 14.7 Å². The van der Waals surface area contributed by atoms with E-state index in [1.165, 1.54) is 12.8 Å². The SMILES string of the molecule is Cc1cccc(Oc2c(CN(CC(O)COCc3ccccc3)CC3CC3)c(C)nn2-c2ccccc2)c1. The molecular formula is C32H37N3O3. The van der Waals surface area contributed by atoms with Gasteiger partial charge in [0.05, 0.1) is 36.3 Å². The molecule has 0 bridgehead atoms. The highest BCUT2D eigenvalue weighted by molar-refractivity contribution is 5.43. The quantitative estimate of drug-likeness (QED) is 0.236. The monoisotopic (exact) mass is 511 g/mol. The number of aromatic nitrogens is 2. The van der Waals surface area contributed by atoms with Crippen LogP contribution in [-0.2, 0) is 17.9 Å². The second-order valence-corrected chi connectivity index (χ2v) is 10.3. The predicted molar refractivity (Wildman–Crippen MR) is 150 cm³/mol. The summed E-state index contributed by atoms with van der Waals surface area (Å²) in [5, 5.41) is 15.8. The first kappa shape index (κ1) is 26.2. The summed E-state index contributed by atoms with van der Waals surface area (Å²) in [6, 6.07) is 28.2. The number of para-hydroxylation sites is 1. The lowest BCUT2D eigenvalue weighted by atomic mass is 10.2.